The van der Waals surface area contributed by atoms with Crippen LogP contribution < -0.4 is 15.5 Å². The third kappa shape index (κ3) is 6.18. The minimum Gasteiger partial charge on any atom is -0.356 e. The summed E-state index contributed by atoms with van der Waals surface area (Å²) < 4.78 is 64.1. The molecule has 186 valence electrons. The van der Waals surface area contributed by atoms with Crippen molar-refractivity contribution in [3.05, 3.63) is 42.1 Å². The number of nitrogens with one attached hydrogen (secondary N) is 2. The van der Waals surface area contributed by atoms with Gasteiger partial charge in [-0.15, -0.1) is 0 Å². The Kier molecular flexibility index (Phi) is 6.83. The van der Waals surface area contributed by atoms with Crippen LogP contribution in [0.2, 0.25) is 0 Å². The first-order valence-electron chi connectivity index (χ1n) is 10.5. The summed E-state index contributed by atoms with van der Waals surface area (Å²) in [4.78, 5) is 31.2. The lowest BCUT2D eigenvalue weighted by atomic mass is 10.1. The third-order valence-corrected chi connectivity index (χ3v) is 6.28. The lowest BCUT2D eigenvalue weighted by Gasteiger charge is -2.33. The molecular formula is C21H20F5N7OS. The summed E-state index contributed by atoms with van der Waals surface area (Å²) in [5.41, 5.74) is 1.17. The van der Waals surface area contributed by atoms with Crippen molar-refractivity contribution in [1.29, 1.82) is 0 Å². The molecule has 8 nitrogen and oxygen atoms in total. The van der Waals surface area contributed by atoms with Gasteiger partial charge in [0.1, 0.15) is 24.5 Å². The predicted molar refractivity (Wildman–Crippen MR) is 120 cm³/mol. The maximum Gasteiger partial charge on any atom is 0.405 e. The maximum atomic E-state index is 13.5. The Morgan fingerprint density at radius 3 is 2.60 bits per heavy atom. The molecule has 0 unspecified atom stereocenters. The minimum absolute atomic E-state index is 0.0157. The first-order valence-corrected chi connectivity index (χ1v) is 11.3. The number of rotatable bonds is 6. The Hall–Kier alpha value is -3.42. The molecule has 14 heteroatoms. The first kappa shape index (κ1) is 24.7. The number of piperidine rings is 1. The highest BCUT2D eigenvalue weighted by atomic mass is 32.1. The van der Waals surface area contributed by atoms with Crippen LogP contribution in [0.5, 0.6) is 0 Å². The van der Waals surface area contributed by atoms with Crippen LogP contribution in [0.4, 0.5) is 38.7 Å². The van der Waals surface area contributed by atoms with Crippen LogP contribution in [0.3, 0.4) is 0 Å². The molecule has 0 radical (unpaired) electrons. The molecule has 4 rings (SSSR count). The largest absolute Gasteiger partial charge is 0.405 e. The smallest absolute Gasteiger partial charge is 0.356 e. The van der Waals surface area contributed by atoms with E-state index in [1.54, 1.807) is 11.8 Å². The number of thiazole rings is 1. The van der Waals surface area contributed by atoms with Gasteiger partial charge >= 0.3 is 6.18 Å². The average Bonchev–Trinajstić information content (AvgIpc) is 3.27. The molecule has 0 bridgehead atoms. The SMILES string of the molecule is Cc1c(Nc2ncc(-c3cncc(C(=O)NCC(F)(F)F)c3)s2)ncnc1N1CCC(F)(F)CC1. The van der Waals surface area contributed by atoms with Crippen LogP contribution in [-0.4, -0.2) is 57.6 Å². The molecule has 0 spiro atoms. The standard InChI is InChI=1S/C21H20F5N7OS/c1-12-16(30-11-31-17(12)33-4-2-20(22,23)3-5-33)32-19-28-9-15(35-19)13-6-14(8-27-7-13)18(34)29-10-21(24,25)26/h6-9,11H,2-5,10H2,1H3,(H,29,34)(H,28,30,31,32). The number of pyridine rings is 1. The molecule has 4 heterocycles. The summed E-state index contributed by atoms with van der Waals surface area (Å²) >= 11 is 1.22. The molecular weight excluding hydrogens is 493 g/mol. The lowest BCUT2D eigenvalue weighted by molar-refractivity contribution is -0.123. The second kappa shape index (κ2) is 9.68. The molecule has 0 aromatic carbocycles. The number of hydrogen-bond donors (Lipinski definition) is 2. The molecule has 1 aliphatic heterocycles. The number of nitrogens with zero attached hydrogens (tertiary/aromatic N) is 5. The van der Waals surface area contributed by atoms with Gasteiger partial charge in [-0.25, -0.2) is 23.7 Å². The van der Waals surface area contributed by atoms with Crippen molar-refractivity contribution in [2.45, 2.75) is 31.9 Å². The molecule has 3 aromatic rings. The molecule has 0 aliphatic carbocycles. The average molecular weight is 513 g/mol. The number of alkyl halides is 5. The van der Waals surface area contributed by atoms with Gasteiger partial charge < -0.3 is 15.5 Å². The van der Waals surface area contributed by atoms with Crippen molar-refractivity contribution < 1.29 is 26.7 Å². The second-order valence-corrected chi connectivity index (χ2v) is 8.96. The Morgan fingerprint density at radius 2 is 1.89 bits per heavy atom. The van der Waals surface area contributed by atoms with Crippen LogP contribution in [0.15, 0.2) is 31.0 Å². The topological polar surface area (TPSA) is 95.9 Å². The van der Waals surface area contributed by atoms with Crippen LogP contribution in [0.25, 0.3) is 10.4 Å². The van der Waals surface area contributed by atoms with Gasteiger partial charge in [-0.05, 0) is 13.0 Å². The Morgan fingerprint density at radius 1 is 1.14 bits per heavy atom. The minimum atomic E-state index is -4.52. The summed E-state index contributed by atoms with van der Waals surface area (Å²) in [6, 6.07) is 1.43. The zero-order valence-corrected chi connectivity index (χ0v) is 19.2. The van der Waals surface area contributed by atoms with E-state index in [0.29, 0.717) is 32.8 Å². The van der Waals surface area contributed by atoms with E-state index in [1.807, 2.05) is 5.32 Å². The van der Waals surface area contributed by atoms with Gasteiger partial charge in [0.25, 0.3) is 11.8 Å². The van der Waals surface area contributed by atoms with Crippen LogP contribution in [0.1, 0.15) is 28.8 Å². The van der Waals surface area contributed by atoms with Gasteiger partial charge in [0.15, 0.2) is 5.13 Å². The highest BCUT2D eigenvalue weighted by molar-refractivity contribution is 7.18. The van der Waals surface area contributed by atoms with Gasteiger partial charge in [0, 0.05) is 55.6 Å². The number of halogens is 5. The fraction of sp³-hybridized carbons (Fsp3) is 0.381. The van der Waals surface area contributed by atoms with Crippen LogP contribution in [0, 0.1) is 6.92 Å². The van der Waals surface area contributed by atoms with E-state index in [4.69, 9.17) is 0 Å². The highest BCUT2D eigenvalue weighted by Crippen LogP contribution is 2.34. The first-order chi connectivity index (χ1) is 16.5. The van der Waals surface area contributed by atoms with E-state index in [1.165, 1.54) is 42.3 Å². The van der Waals surface area contributed by atoms with Crippen molar-refractivity contribution in [1.82, 2.24) is 25.3 Å². The van der Waals surface area contributed by atoms with Crippen molar-refractivity contribution in [2.24, 2.45) is 0 Å². The molecule has 0 saturated carbocycles. The Labute approximate surface area is 200 Å². The summed E-state index contributed by atoms with van der Waals surface area (Å²) in [5.74, 6) is -2.52. The van der Waals surface area contributed by atoms with E-state index in [0.717, 1.165) is 0 Å². The highest BCUT2D eigenvalue weighted by Gasteiger charge is 2.35. The van der Waals surface area contributed by atoms with Gasteiger partial charge in [-0.1, -0.05) is 11.3 Å². The zero-order chi connectivity index (χ0) is 25.2. The third-order valence-electron chi connectivity index (χ3n) is 5.32. The van der Waals surface area contributed by atoms with Crippen molar-refractivity contribution in [3.63, 3.8) is 0 Å². The molecule has 35 heavy (non-hydrogen) atoms. The number of hydrogen-bond acceptors (Lipinski definition) is 8. The van der Waals surface area contributed by atoms with Gasteiger partial charge in [-0.3, -0.25) is 9.78 Å². The quantitative estimate of drug-likeness (QED) is 0.466. The number of carbonyl (C=O) groups excluding carboxylic acids is 1. The van der Waals surface area contributed by atoms with Gasteiger partial charge in [0.05, 0.1) is 10.4 Å². The molecule has 1 fully saturated rings. The molecule has 2 N–H and O–H groups in total. The van der Waals surface area contributed by atoms with Crippen LogP contribution >= 0.6 is 11.3 Å². The Balaban J connectivity index is 1.47. The second-order valence-electron chi connectivity index (χ2n) is 7.93. The molecule has 0 atom stereocenters. The Bertz CT molecular complexity index is 1210. The van der Waals surface area contributed by atoms with Gasteiger partial charge in [0.2, 0.25) is 0 Å². The van der Waals surface area contributed by atoms with E-state index >= 15 is 0 Å². The number of carbonyl (C=O) groups is 1. The van der Waals surface area contributed by atoms with E-state index in [2.05, 4.69) is 25.3 Å². The number of aromatic nitrogens is 4. The predicted octanol–water partition coefficient (Wildman–Crippen LogP) is 4.57. The summed E-state index contributed by atoms with van der Waals surface area (Å²) in [6.45, 7) is 0.716. The number of amides is 1. The summed E-state index contributed by atoms with van der Waals surface area (Å²) in [6.07, 6.45) is 0.532. The van der Waals surface area contributed by atoms with Crippen LogP contribution in [-0.2, 0) is 0 Å². The van der Waals surface area contributed by atoms with Crippen molar-refractivity contribution in [3.8, 4) is 10.4 Å². The zero-order valence-electron chi connectivity index (χ0n) is 18.4. The monoisotopic (exact) mass is 513 g/mol. The molecule has 1 saturated heterocycles. The summed E-state index contributed by atoms with van der Waals surface area (Å²) in [5, 5.41) is 5.36. The van der Waals surface area contributed by atoms with Crippen molar-refractivity contribution in [2.75, 3.05) is 29.9 Å². The van der Waals surface area contributed by atoms with Gasteiger partial charge in [-0.2, -0.15) is 13.2 Å². The molecule has 3 aromatic heterocycles. The number of anilines is 3. The van der Waals surface area contributed by atoms with E-state index in [-0.39, 0.29) is 31.5 Å². The summed E-state index contributed by atoms with van der Waals surface area (Å²) in [7, 11) is 0. The fourth-order valence-electron chi connectivity index (χ4n) is 3.48. The fourth-order valence-corrected chi connectivity index (χ4v) is 4.28. The van der Waals surface area contributed by atoms with E-state index in [9.17, 15) is 26.7 Å². The lowest BCUT2D eigenvalue weighted by Crippen LogP contribution is -2.40. The van der Waals surface area contributed by atoms with E-state index < -0.39 is 24.6 Å². The molecule has 1 amide bonds. The van der Waals surface area contributed by atoms with Crippen molar-refractivity contribution >= 4 is 34.0 Å². The maximum absolute atomic E-state index is 13.5. The molecule has 1 aliphatic rings. The normalized spacial score (nSPS) is 15.7.